The van der Waals surface area contributed by atoms with Gasteiger partial charge >= 0.3 is 0 Å². The molecule has 5 nitrogen and oxygen atoms in total. The van der Waals surface area contributed by atoms with E-state index in [-0.39, 0.29) is 6.04 Å². The standard InChI is InChI=1S/C11H13ClN4O/c1-13-10(11-14-6-15-16-11)7-3-4-8(12)9(5-7)17-2/h3-6,10,13H,1-2H3,(H,14,15,16). The van der Waals surface area contributed by atoms with Crippen molar-refractivity contribution in [1.29, 1.82) is 0 Å². The topological polar surface area (TPSA) is 62.8 Å². The van der Waals surface area contributed by atoms with Gasteiger partial charge in [-0.25, -0.2) is 4.98 Å². The van der Waals surface area contributed by atoms with Gasteiger partial charge in [-0.05, 0) is 24.7 Å². The van der Waals surface area contributed by atoms with Gasteiger partial charge in [-0.2, -0.15) is 5.10 Å². The summed E-state index contributed by atoms with van der Waals surface area (Å²) < 4.78 is 5.19. The van der Waals surface area contributed by atoms with Crippen LogP contribution in [0.3, 0.4) is 0 Å². The summed E-state index contributed by atoms with van der Waals surface area (Å²) in [5, 5.41) is 10.4. The Bertz CT molecular complexity index is 486. The Balaban J connectivity index is 2.38. The minimum Gasteiger partial charge on any atom is -0.495 e. The zero-order chi connectivity index (χ0) is 12.3. The summed E-state index contributed by atoms with van der Waals surface area (Å²) in [5.74, 6) is 1.39. The fourth-order valence-corrected chi connectivity index (χ4v) is 1.87. The number of rotatable bonds is 4. The molecule has 0 fully saturated rings. The van der Waals surface area contributed by atoms with Crippen molar-refractivity contribution >= 4 is 11.6 Å². The van der Waals surface area contributed by atoms with Gasteiger partial charge in [-0.15, -0.1) is 0 Å². The highest BCUT2D eigenvalue weighted by Gasteiger charge is 2.16. The maximum Gasteiger partial charge on any atom is 0.145 e. The number of H-pyrrole nitrogens is 1. The van der Waals surface area contributed by atoms with Crippen LogP contribution in [0.15, 0.2) is 24.5 Å². The minimum atomic E-state index is -0.0660. The van der Waals surface area contributed by atoms with Crippen LogP contribution in [-0.4, -0.2) is 29.3 Å². The fraction of sp³-hybridized carbons (Fsp3) is 0.273. The number of methoxy groups -OCH3 is 1. The van der Waals surface area contributed by atoms with E-state index in [0.717, 1.165) is 11.4 Å². The molecule has 2 aromatic rings. The third-order valence-electron chi connectivity index (χ3n) is 2.50. The minimum absolute atomic E-state index is 0.0660. The van der Waals surface area contributed by atoms with E-state index in [4.69, 9.17) is 16.3 Å². The van der Waals surface area contributed by atoms with E-state index in [0.29, 0.717) is 10.8 Å². The van der Waals surface area contributed by atoms with Gasteiger partial charge in [0.05, 0.1) is 18.2 Å². The van der Waals surface area contributed by atoms with Gasteiger partial charge in [0.15, 0.2) is 0 Å². The average Bonchev–Trinajstić information content (AvgIpc) is 2.86. The Kier molecular flexibility index (Phi) is 3.61. The lowest BCUT2D eigenvalue weighted by Crippen LogP contribution is -2.19. The summed E-state index contributed by atoms with van der Waals surface area (Å²) in [5.41, 5.74) is 1.01. The molecule has 0 aliphatic heterocycles. The normalized spacial score (nSPS) is 12.4. The van der Waals surface area contributed by atoms with E-state index < -0.39 is 0 Å². The Labute approximate surface area is 104 Å². The predicted molar refractivity (Wildman–Crippen MR) is 65.3 cm³/mol. The van der Waals surface area contributed by atoms with Crippen LogP contribution >= 0.6 is 11.6 Å². The molecule has 0 saturated heterocycles. The number of aromatic nitrogens is 3. The van der Waals surface area contributed by atoms with Crippen LogP contribution in [0.1, 0.15) is 17.4 Å². The van der Waals surface area contributed by atoms with Gasteiger partial charge in [-0.3, -0.25) is 5.10 Å². The second kappa shape index (κ2) is 5.16. The first kappa shape index (κ1) is 11.9. The molecule has 0 aliphatic rings. The maximum absolute atomic E-state index is 5.99. The van der Waals surface area contributed by atoms with Crippen molar-refractivity contribution in [3.05, 3.63) is 40.9 Å². The molecular weight excluding hydrogens is 240 g/mol. The van der Waals surface area contributed by atoms with Gasteiger partial charge in [0.2, 0.25) is 0 Å². The average molecular weight is 253 g/mol. The maximum atomic E-state index is 5.99. The van der Waals surface area contributed by atoms with Crippen LogP contribution < -0.4 is 10.1 Å². The van der Waals surface area contributed by atoms with Crippen molar-refractivity contribution in [2.45, 2.75) is 6.04 Å². The number of aromatic amines is 1. The van der Waals surface area contributed by atoms with Gasteiger partial charge in [0.25, 0.3) is 0 Å². The third-order valence-corrected chi connectivity index (χ3v) is 2.82. The molecule has 0 amide bonds. The third kappa shape index (κ3) is 2.40. The number of halogens is 1. The molecule has 0 bridgehead atoms. The van der Waals surface area contributed by atoms with Crippen molar-refractivity contribution in [3.63, 3.8) is 0 Å². The summed E-state index contributed by atoms with van der Waals surface area (Å²) in [6.07, 6.45) is 1.48. The Morgan fingerprint density at radius 2 is 2.29 bits per heavy atom. The Hall–Kier alpha value is -1.59. The van der Waals surface area contributed by atoms with Crippen LogP contribution in [0.4, 0.5) is 0 Å². The lowest BCUT2D eigenvalue weighted by atomic mass is 10.1. The molecule has 1 atom stereocenters. The zero-order valence-electron chi connectivity index (χ0n) is 9.57. The van der Waals surface area contributed by atoms with Crippen LogP contribution in [0, 0.1) is 0 Å². The van der Waals surface area contributed by atoms with Crippen molar-refractivity contribution in [2.75, 3.05) is 14.2 Å². The lowest BCUT2D eigenvalue weighted by Gasteiger charge is -2.15. The van der Waals surface area contributed by atoms with Gasteiger partial charge in [0, 0.05) is 0 Å². The summed E-state index contributed by atoms with van der Waals surface area (Å²) in [7, 11) is 3.45. The molecule has 2 rings (SSSR count). The molecule has 90 valence electrons. The molecule has 1 aromatic heterocycles. The molecule has 2 N–H and O–H groups in total. The number of benzene rings is 1. The number of nitrogens with one attached hydrogen (secondary N) is 2. The van der Waals surface area contributed by atoms with Crippen molar-refractivity contribution in [2.24, 2.45) is 0 Å². The first-order valence-electron chi connectivity index (χ1n) is 5.12. The fourth-order valence-electron chi connectivity index (χ4n) is 1.67. The van der Waals surface area contributed by atoms with Crippen molar-refractivity contribution < 1.29 is 4.74 Å². The first-order chi connectivity index (χ1) is 8.26. The predicted octanol–water partition coefficient (Wildman–Crippen LogP) is 1.78. The highest BCUT2D eigenvalue weighted by Crippen LogP contribution is 2.29. The van der Waals surface area contributed by atoms with Gasteiger partial charge < -0.3 is 10.1 Å². The molecule has 17 heavy (non-hydrogen) atoms. The number of hydrogen-bond donors (Lipinski definition) is 2. The lowest BCUT2D eigenvalue weighted by molar-refractivity contribution is 0.414. The molecule has 0 saturated carbocycles. The van der Waals surface area contributed by atoms with Crippen LogP contribution in [0.2, 0.25) is 5.02 Å². The second-order valence-electron chi connectivity index (χ2n) is 3.49. The van der Waals surface area contributed by atoms with Gasteiger partial charge in [-0.1, -0.05) is 17.7 Å². The van der Waals surface area contributed by atoms with Crippen LogP contribution in [0.5, 0.6) is 5.75 Å². The summed E-state index contributed by atoms with van der Waals surface area (Å²) in [4.78, 5) is 4.14. The SMILES string of the molecule is CNC(c1ccc(Cl)c(OC)c1)c1ncn[nH]1. The molecule has 0 spiro atoms. The smallest absolute Gasteiger partial charge is 0.145 e. The molecule has 1 aromatic carbocycles. The number of ether oxygens (including phenoxy) is 1. The van der Waals surface area contributed by atoms with Crippen LogP contribution in [0.25, 0.3) is 0 Å². The monoisotopic (exact) mass is 252 g/mol. The molecule has 0 aliphatic carbocycles. The van der Waals surface area contributed by atoms with E-state index in [2.05, 4.69) is 20.5 Å². The quantitative estimate of drug-likeness (QED) is 0.871. The molecular formula is C11H13ClN4O. The highest BCUT2D eigenvalue weighted by atomic mass is 35.5. The Morgan fingerprint density at radius 3 is 2.88 bits per heavy atom. The van der Waals surface area contributed by atoms with E-state index >= 15 is 0 Å². The summed E-state index contributed by atoms with van der Waals surface area (Å²) in [6, 6.07) is 5.54. The van der Waals surface area contributed by atoms with Crippen molar-refractivity contribution in [3.8, 4) is 5.75 Å². The molecule has 1 heterocycles. The zero-order valence-corrected chi connectivity index (χ0v) is 10.3. The number of hydrogen-bond acceptors (Lipinski definition) is 4. The Morgan fingerprint density at radius 1 is 1.47 bits per heavy atom. The summed E-state index contributed by atoms with van der Waals surface area (Å²) in [6.45, 7) is 0. The highest BCUT2D eigenvalue weighted by molar-refractivity contribution is 6.32. The summed E-state index contributed by atoms with van der Waals surface area (Å²) >= 11 is 5.99. The van der Waals surface area contributed by atoms with Crippen molar-refractivity contribution in [1.82, 2.24) is 20.5 Å². The molecule has 6 heteroatoms. The van der Waals surface area contributed by atoms with E-state index in [1.165, 1.54) is 6.33 Å². The van der Waals surface area contributed by atoms with Crippen LogP contribution in [-0.2, 0) is 0 Å². The van der Waals surface area contributed by atoms with E-state index in [1.54, 1.807) is 13.2 Å². The first-order valence-corrected chi connectivity index (χ1v) is 5.50. The van der Waals surface area contributed by atoms with E-state index in [9.17, 15) is 0 Å². The van der Waals surface area contributed by atoms with Gasteiger partial charge in [0.1, 0.15) is 17.9 Å². The number of nitrogens with zero attached hydrogens (tertiary/aromatic N) is 2. The second-order valence-corrected chi connectivity index (χ2v) is 3.89. The largest absolute Gasteiger partial charge is 0.495 e. The molecule has 0 radical (unpaired) electrons. The van der Waals surface area contributed by atoms with E-state index in [1.807, 2.05) is 19.2 Å². The molecule has 1 unspecified atom stereocenters.